The maximum Gasteiger partial charge on any atom is 0.267 e. The Morgan fingerprint density at radius 3 is 2.65 bits per heavy atom. The molecule has 1 saturated carbocycles. The third kappa shape index (κ3) is 3.21. The molecule has 3 aromatic rings. The molecule has 4 rings (SSSR count). The zero-order valence-corrected chi connectivity index (χ0v) is 15.4. The van der Waals surface area contributed by atoms with Crippen molar-refractivity contribution in [3.63, 3.8) is 0 Å². The molecule has 3 heterocycles. The number of hydrogen-bond acceptors (Lipinski definition) is 3. The summed E-state index contributed by atoms with van der Waals surface area (Å²) in [7, 11) is 0. The van der Waals surface area contributed by atoms with Crippen LogP contribution in [-0.4, -0.2) is 19.4 Å². The topological polar surface area (TPSA) is 52.2 Å². The van der Waals surface area contributed by atoms with Gasteiger partial charge in [0, 0.05) is 17.8 Å². The fraction of sp³-hybridized carbons (Fsp3) is 0.381. The lowest BCUT2D eigenvalue weighted by molar-refractivity contribution is 0.505. The predicted octanol–water partition coefficient (Wildman–Crippen LogP) is 4.49. The van der Waals surface area contributed by atoms with E-state index in [1.54, 1.807) is 12.1 Å². The van der Waals surface area contributed by atoms with Gasteiger partial charge in [-0.15, -0.1) is 0 Å². The molecule has 1 aliphatic carbocycles. The minimum Gasteiger partial charge on any atom is -0.268 e. The third-order valence-corrected chi connectivity index (χ3v) is 4.96. The fourth-order valence-electron chi connectivity index (χ4n) is 3.62. The number of hydrogen-bond donors (Lipinski definition) is 0. The van der Waals surface area contributed by atoms with Crippen molar-refractivity contribution in [2.45, 2.75) is 52.0 Å². The number of aromatic nitrogens is 4. The highest BCUT2D eigenvalue weighted by Crippen LogP contribution is 2.27. The third-order valence-electron chi connectivity index (χ3n) is 4.96. The zero-order chi connectivity index (χ0) is 18.1. The summed E-state index contributed by atoms with van der Waals surface area (Å²) in [5.41, 5.74) is 5.20. The molecule has 5 nitrogen and oxygen atoms in total. The van der Waals surface area contributed by atoms with Crippen LogP contribution in [0.15, 0.2) is 46.9 Å². The summed E-state index contributed by atoms with van der Waals surface area (Å²) in [4.78, 5) is 12.0. The highest BCUT2D eigenvalue weighted by Gasteiger charge is 2.12. The molecular formula is C21H24N4O. The number of allylic oxidation sites excluding steroid dienone is 1. The van der Waals surface area contributed by atoms with Crippen LogP contribution in [0.25, 0.3) is 22.9 Å². The SMILES string of the molecule is CC(C)n1nc(-c2cccn3nc(C=C4CCCCC4)cc23)ccc1=O. The first-order valence-corrected chi connectivity index (χ1v) is 9.40. The highest BCUT2D eigenvalue weighted by molar-refractivity contribution is 5.79. The maximum absolute atomic E-state index is 12.0. The first-order valence-electron chi connectivity index (χ1n) is 9.40. The molecule has 1 fully saturated rings. The van der Waals surface area contributed by atoms with Crippen molar-refractivity contribution in [1.82, 2.24) is 19.4 Å². The van der Waals surface area contributed by atoms with Crippen LogP contribution in [0.3, 0.4) is 0 Å². The van der Waals surface area contributed by atoms with Crippen molar-refractivity contribution >= 4 is 11.6 Å². The first kappa shape index (κ1) is 16.8. The van der Waals surface area contributed by atoms with Crippen molar-refractivity contribution in [2.75, 3.05) is 0 Å². The molecule has 1 aliphatic rings. The smallest absolute Gasteiger partial charge is 0.267 e. The van der Waals surface area contributed by atoms with Crippen LogP contribution in [0.4, 0.5) is 0 Å². The second-order valence-corrected chi connectivity index (χ2v) is 7.28. The van der Waals surface area contributed by atoms with Crippen LogP contribution in [0.5, 0.6) is 0 Å². The number of pyridine rings is 1. The second kappa shape index (κ2) is 6.90. The summed E-state index contributed by atoms with van der Waals surface area (Å²) in [6, 6.07) is 9.53. The average molecular weight is 348 g/mol. The van der Waals surface area contributed by atoms with Gasteiger partial charge in [-0.05, 0) is 69.9 Å². The van der Waals surface area contributed by atoms with E-state index in [1.807, 2.05) is 36.7 Å². The molecule has 0 aliphatic heterocycles. The van der Waals surface area contributed by atoms with Crippen LogP contribution < -0.4 is 5.56 Å². The van der Waals surface area contributed by atoms with Gasteiger partial charge in [0.2, 0.25) is 0 Å². The van der Waals surface area contributed by atoms with E-state index in [2.05, 4.69) is 17.2 Å². The van der Waals surface area contributed by atoms with E-state index in [0.29, 0.717) is 0 Å². The molecule has 0 radical (unpaired) electrons. The maximum atomic E-state index is 12.0. The van der Waals surface area contributed by atoms with Gasteiger partial charge in [-0.25, -0.2) is 9.20 Å². The lowest BCUT2D eigenvalue weighted by atomic mass is 9.94. The molecule has 0 atom stereocenters. The molecule has 0 saturated heterocycles. The average Bonchev–Trinajstić information content (AvgIpc) is 3.05. The van der Waals surface area contributed by atoms with E-state index in [0.717, 1.165) is 22.5 Å². The summed E-state index contributed by atoms with van der Waals surface area (Å²) in [5.74, 6) is 0. The van der Waals surface area contributed by atoms with Crippen molar-refractivity contribution in [3.05, 3.63) is 58.1 Å². The molecule has 134 valence electrons. The lowest BCUT2D eigenvalue weighted by Crippen LogP contribution is -2.23. The molecule has 0 amide bonds. The van der Waals surface area contributed by atoms with Crippen LogP contribution in [-0.2, 0) is 0 Å². The normalized spacial score (nSPS) is 15.0. The molecule has 0 unspecified atom stereocenters. The summed E-state index contributed by atoms with van der Waals surface area (Å²) < 4.78 is 3.43. The Morgan fingerprint density at radius 1 is 1.08 bits per heavy atom. The van der Waals surface area contributed by atoms with Gasteiger partial charge in [0.25, 0.3) is 5.56 Å². The van der Waals surface area contributed by atoms with Gasteiger partial charge >= 0.3 is 0 Å². The van der Waals surface area contributed by atoms with E-state index >= 15 is 0 Å². The number of rotatable bonds is 3. The van der Waals surface area contributed by atoms with Crippen LogP contribution in [0, 0.1) is 0 Å². The molecule has 0 spiro atoms. The Morgan fingerprint density at radius 2 is 1.88 bits per heavy atom. The standard InChI is InChI=1S/C21H24N4O/c1-15(2)25-21(26)11-10-19(23-25)18-9-6-12-24-20(18)14-17(22-24)13-16-7-4-3-5-8-16/h6,9-15H,3-5,7-8H2,1-2H3. The fourth-order valence-corrected chi connectivity index (χ4v) is 3.62. The van der Waals surface area contributed by atoms with Crippen LogP contribution >= 0.6 is 0 Å². The Hall–Kier alpha value is -2.69. The van der Waals surface area contributed by atoms with Crippen LogP contribution in [0.1, 0.15) is 57.7 Å². The summed E-state index contributed by atoms with van der Waals surface area (Å²) >= 11 is 0. The highest BCUT2D eigenvalue weighted by atomic mass is 16.1. The van der Waals surface area contributed by atoms with E-state index in [9.17, 15) is 4.79 Å². The van der Waals surface area contributed by atoms with Gasteiger partial charge in [-0.2, -0.15) is 10.2 Å². The van der Waals surface area contributed by atoms with Crippen molar-refractivity contribution in [1.29, 1.82) is 0 Å². The van der Waals surface area contributed by atoms with E-state index in [1.165, 1.54) is 42.4 Å². The molecular weight excluding hydrogens is 324 g/mol. The van der Waals surface area contributed by atoms with Gasteiger partial charge in [0.15, 0.2) is 0 Å². The van der Waals surface area contributed by atoms with Gasteiger partial charge in [-0.1, -0.05) is 12.0 Å². The Kier molecular flexibility index (Phi) is 4.45. The van der Waals surface area contributed by atoms with E-state index < -0.39 is 0 Å². The van der Waals surface area contributed by atoms with Gasteiger partial charge in [-0.3, -0.25) is 4.79 Å². The molecule has 5 heteroatoms. The Balaban J connectivity index is 1.79. The van der Waals surface area contributed by atoms with Gasteiger partial charge < -0.3 is 0 Å². The molecule has 3 aromatic heterocycles. The quantitative estimate of drug-likeness (QED) is 0.701. The monoisotopic (exact) mass is 348 g/mol. The van der Waals surface area contributed by atoms with Gasteiger partial charge in [0.05, 0.1) is 22.9 Å². The number of nitrogens with zero attached hydrogens (tertiary/aromatic N) is 4. The molecule has 0 N–H and O–H groups in total. The van der Waals surface area contributed by atoms with Crippen molar-refractivity contribution in [2.24, 2.45) is 0 Å². The zero-order valence-electron chi connectivity index (χ0n) is 15.4. The van der Waals surface area contributed by atoms with Gasteiger partial charge in [0.1, 0.15) is 0 Å². The largest absolute Gasteiger partial charge is 0.268 e. The Labute approximate surface area is 153 Å². The summed E-state index contributed by atoms with van der Waals surface area (Å²) in [6.45, 7) is 3.93. The molecule has 0 aromatic carbocycles. The summed E-state index contributed by atoms with van der Waals surface area (Å²) in [5, 5.41) is 9.28. The Bertz CT molecular complexity index is 1020. The lowest BCUT2D eigenvalue weighted by Gasteiger charge is -2.12. The molecule has 26 heavy (non-hydrogen) atoms. The minimum absolute atomic E-state index is 0.0266. The minimum atomic E-state index is -0.0769. The first-order chi connectivity index (χ1) is 12.6. The van der Waals surface area contributed by atoms with Crippen molar-refractivity contribution in [3.8, 4) is 11.3 Å². The summed E-state index contributed by atoms with van der Waals surface area (Å²) in [6.07, 6.45) is 10.5. The van der Waals surface area contributed by atoms with Crippen LogP contribution in [0.2, 0.25) is 0 Å². The van der Waals surface area contributed by atoms with E-state index in [4.69, 9.17) is 5.10 Å². The molecule has 0 bridgehead atoms. The predicted molar refractivity (Wildman–Crippen MR) is 104 cm³/mol. The van der Waals surface area contributed by atoms with E-state index in [-0.39, 0.29) is 11.6 Å². The van der Waals surface area contributed by atoms with Crippen molar-refractivity contribution < 1.29 is 0 Å². The second-order valence-electron chi connectivity index (χ2n) is 7.28. The number of fused-ring (bicyclic) bond motifs is 1.